The fourth-order valence-corrected chi connectivity index (χ4v) is 5.16. The highest BCUT2D eigenvalue weighted by atomic mass is 32.1. The smallest absolute Gasteiger partial charge is 0.407 e. The van der Waals surface area contributed by atoms with Crippen molar-refractivity contribution in [2.24, 2.45) is 0 Å². The van der Waals surface area contributed by atoms with E-state index in [0.29, 0.717) is 36.4 Å². The number of nitriles is 1. The second-order valence-electron chi connectivity index (χ2n) is 7.85. The van der Waals surface area contributed by atoms with Crippen molar-refractivity contribution in [2.45, 2.75) is 25.4 Å². The number of hydrogen-bond donors (Lipinski definition) is 2. The zero-order valence-electron chi connectivity index (χ0n) is 18.2. The van der Waals surface area contributed by atoms with Crippen LogP contribution in [0.1, 0.15) is 28.0 Å². The number of rotatable bonds is 7. The lowest BCUT2D eigenvalue weighted by Crippen LogP contribution is -2.42. The Morgan fingerprint density at radius 3 is 2.97 bits per heavy atom. The molecule has 1 saturated heterocycles. The van der Waals surface area contributed by atoms with Gasteiger partial charge in [-0.25, -0.2) is 4.79 Å². The van der Waals surface area contributed by atoms with Crippen LogP contribution in [0, 0.1) is 11.3 Å². The predicted octanol–water partition coefficient (Wildman–Crippen LogP) is 2.78. The Hall–Kier alpha value is -3.13. The Morgan fingerprint density at radius 2 is 2.21 bits per heavy atom. The van der Waals surface area contributed by atoms with Crippen molar-refractivity contribution in [1.82, 2.24) is 10.2 Å². The molecule has 1 aliphatic heterocycles. The van der Waals surface area contributed by atoms with E-state index in [0.717, 1.165) is 48.9 Å². The minimum absolute atomic E-state index is 0.254. The molecular weight excluding hydrogens is 444 g/mol. The van der Waals surface area contributed by atoms with E-state index in [-0.39, 0.29) is 12.0 Å². The highest BCUT2D eigenvalue weighted by molar-refractivity contribution is 7.16. The Balaban J connectivity index is 1.29. The molecule has 174 valence electrons. The monoisotopic (exact) mass is 470 g/mol. The van der Waals surface area contributed by atoms with Crippen LogP contribution in [0.25, 0.3) is 6.08 Å². The number of furan rings is 1. The topological polar surface area (TPSA) is 117 Å². The molecule has 10 heteroatoms. The average molecular weight is 471 g/mol. The zero-order valence-corrected chi connectivity index (χ0v) is 19.0. The summed E-state index contributed by atoms with van der Waals surface area (Å²) in [6.07, 6.45) is 7.23. The Kier molecular flexibility index (Phi) is 7.78. The molecule has 0 aromatic carbocycles. The Labute approximate surface area is 195 Å². The van der Waals surface area contributed by atoms with E-state index >= 15 is 0 Å². The van der Waals surface area contributed by atoms with Gasteiger partial charge in [0.1, 0.15) is 17.2 Å². The third-order valence-electron chi connectivity index (χ3n) is 5.61. The van der Waals surface area contributed by atoms with Crippen molar-refractivity contribution in [3.63, 3.8) is 0 Å². The minimum Gasteiger partial charge on any atom is -0.472 e. The van der Waals surface area contributed by atoms with E-state index in [1.807, 2.05) is 0 Å². The maximum absolute atomic E-state index is 12.3. The summed E-state index contributed by atoms with van der Waals surface area (Å²) in [7, 11) is 0. The van der Waals surface area contributed by atoms with Gasteiger partial charge in [0.25, 0.3) is 0 Å². The molecule has 1 aliphatic carbocycles. The SMILES string of the molecule is N#Cc1c(NC(=O)C=Cc2ccoc2)sc2c1CCC(OC(=O)NCCN1CCOCC1)C2. The number of fused-ring (bicyclic) bond motifs is 1. The fraction of sp³-hybridized carbons (Fsp3) is 0.435. The number of morpholine rings is 1. The summed E-state index contributed by atoms with van der Waals surface area (Å²) in [5.41, 5.74) is 2.21. The predicted molar refractivity (Wildman–Crippen MR) is 123 cm³/mol. The molecule has 2 N–H and O–H groups in total. The first kappa shape index (κ1) is 23.0. The van der Waals surface area contributed by atoms with Crippen LogP contribution in [0.5, 0.6) is 0 Å². The van der Waals surface area contributed by atoms with Crippen LogP contribution in [0.15, 0.2) is 29.1 Å². The van der Waals surface area contributed by atoms with Gasteiger partial charge in [-0.1, -0.05) is 0 Å². The molecule has 1 fully saturated rings. The summed E-state index contributed by atoms with van der Waals surface area (Å²) >= 11 is 1.37. The molecule has 2 amide bonds. The van der Waals surface area contributed by atoms with Gasteiger partial charge >= 0.3 is 6.09 Å². The first-order valence-corrected chi connectivity index (χ1v) is 11.7. The van der Waals surface area contributed by atoms with Crippen LogP contribution in [-0.4, -0.2) is 62.4 Å². The first-order valence-electron chi connectivity index (χ1n) is 10.9. The number of amides is 2. The summed E-state index contributed by atoms with van der Waals surface area (Å²) in [6, 6.07) is 3.96. The summed E-state index contributed by atoms with van der Waals surface area (Å²) < 4.78 is 15.9. The van der Waals surface area contributed by atoms with E-state index in [1.54, 1.807) is 12.1 Å². The summed E-state index contributed by atoms with van der Waals surface area (Å²) in [6.45, 7) is 4.49. The lowest BCUT2D eigenvalue weighted by atomic mass is 9.94. The normalized spacial score (nSPS) is 18.5. The summed E-state index contributed by atoms with van der Waals surface area (Å²) in [5.74, 6) is -0.321. The number of thiophene rings is 1. The first-order chi connectivity index (χ1) is 16.1. The molecule has 1 atom stereocenters. The van der Waals surface area contributed by atoms with Crippen molar-refractivity contribution in [2.75, 3.05) is 44.7 Å². The van der Waals surface area contributed by atoms with Crippen LogP contribution < -0.4 is 10.6 Å². The van der Waals surface area contributed by atoms with Gasteiger partial charge in [0.15, 0.2) is 0 Å². The van der Waals surface area contributed by atoms with Crippen LogP contribution in [0.4, 0.5) is 9.80 Å². The van der Waals surface area contributed by atoms with Gasteiger partial charge in [-0.05, 0) is 30.5 Å². The number of carbonyl (C=O) groups is 2. The van der Waals surface area contributed by atoms with Gasteiger partial charge < -0.3 is 24.5 Å². The number of hydrogen-bond acceptors (Lipinski definition) is 8. The largest absolute Gasteiger partial charge is 0.472 e. The molecular formula is C23H26N4O5S. The Bertz CT molecular complexity index is 1030. The third kappa shape index (κ3) is 6.22. The Morgan fingerprint density at radius 1 is 1.36 bits per heavy atom. The fourth-order valence-electron chi connectivity index (χ4n) is 3.89. The highest BCUT2D eigenvalue weighted by Gasteiger charge is 2.28. The van der Waals surface area contributed by atoms with E-state index in [4.69, 9.17) is 13.9 Å². The van der Waals surface area contributed by atoms with E-state index in [9.17, 15) is 14.9 Å². The molecule has 0 spiro atoms. The zero-order chi connectivity index (χ0) is 23.0. The van der Waals surface area contributed by atoms with E-state index in [1.165, 1.54) is 29.9 Å². The lowest BCUT2D eigenvalue weighted by Gasteiger charge is -2.27. The number of nitrogens with zero attached hydrogens (tertiary/aromatic N) is 2. The van der Waals surface area contributed by atoms with Gasteiger partial charge in [-0.2, -0.15) is 5.26 Å². The molecule has 3 heterocycles. The maximum atomic E-state index is 12.3. The lowest BCUT2D eigenvalue weighted by molar-refractivity contribution is -0.111. The average Bonchev–Trinajstić information content (AvgIpc) is 3.45. The quantitative estimate of drug-likeness (QED) is 0.598. The second kappa shape index (κ2) is 11.1. The second-order valence-corrected chi connectivity index (χ2v) is 8.96. The number of nitrogens with one attached hydrogen (secondary N) is 2. The minimum atomic E-state index is -0.424. The van der Waals surface area contributed by atoms with Gasteiger partial charge in [0.2, 0.25) is 5.91 Å². The molecule has 1 unspecified atom stereocenters. The van der Waals surface area contributed by atoms with Crippen molar-refractivity contribution >= 4 is 34.4 Å². The molecule has 0 bridgehead atoms. The van der Waals surface area contributed by atoms with Crippen LogP contribution >= 0.6 is 11.3 Å². The van der Waals surface area contributed by atoms with Gasteiger partial charge in [-0.3, -0.25) is 9.69 Å². The van der Waals surface area contributed by atoms with E-state index < -0.39 is 6.09 Å². The molecule has 2 aromatic rings. The molecule has 9 nitrogen and oxygen atoms in total. The van der Waals surface area contributed by atoms with Gasteiger partial charge in [0.05, 0.1) is 31.3 Å². The number of carbonyl (C=O) groups excluding carboxylic acids is 2. The molecule has 0 saturated carbocycles. The van der Waals surface area contributed by atoms with E-state index in [2.05, 4.69) is 21.6 Å². The van der Waals surface area contributed by atoms with Crippen molar-refractivity contribution in [3.05, 3.63) is 46.2 Å². The highest BCUT2D eigenvalue weighted by Crippen LogP contribution is 2.38. The van der Waals surface area contributed by atoms with Crippen molar-refractivity contribution in [1.29, 1.82) is 5.26 Å². The van der Waals surface area contributed by atoms with Crippen LogP contribution in [-0.2, 0) is 27.1 Å². The number of alkyl carbamates (subject to hydrolysis) is 1. The maximum Gasteiger partial charge on any atom is 0.407 e. The third-order valence-corrected chi connectivity index (χ3v) is 6.78. The molecule has 33 heavy (non-hydrogen) atoms. The van der Waals surface area contributed by atoms with Gasteiger partial charge in [-0.15, -0.1) is 11.3 Å². The molecule has 2 aliphatic rings. The van der Waals surface area contributed by atoms with Gasteiger partial charge in [0, 0.05) is 49.1 Å². The van der Waals surface area contributed by atoms with Crippen molar-refractivity contribution < 1.29 is 23.5 Å². The summed E-state index contributed by atoms with van der Waals surface area (Å²) in [5, 5.41) is 15.8. The molecule has 2 aromatic heterocycles. The molecule has 4 rings (SSSR count). The number of anilines is 1. The van der Waals surface area contributed by atoms with Crippen molar-refractivity contribution in [3.8, 4) is 6.07 Å². The molecule has 0 radical (unpaired) electrons. The standard InChI is InChI=1S/C23H26N4O5S/c24-14-19-18-3-2-17(32-23(29)25-6-7-27-8-11-30-12-9-27)13-20(18)33-22(19)26-21(28)4-1-16-5-10-31-15-16/h1,4-5,10,15,17H,2-3,6-9,11-13H2,(H,25,29)(H,26,28). The summed E-state index contributed by atoms with van der Waals surface area (Å²) in [4.78, 5) is 27.7. The van der Waals surface area contributed by atoms with Crippen LogP contribution in [0.3, 0.4) is 0 Å². The number of ether oxygens (including phenoxy) is 2. The van der Waals surface area contributed by atoms with Crippen LogP contribution in [0.2, 0.25) is 0 Å².